The predicted molar refractivity (Wildman–Crippen MR) is 141 cm³/mol. The van der Waals surface area contributed by atoms with Crippen molar-refractivity contribution in [3.63, 3.8) is 0 Å². The van der Waals surface area contributed by atoms with E-state index in [1.165, 1.54) is 4.90 Å². The molecule has 1 amide bonds. The number of halogens is 1. The Morgan fingerprint density at radius 2 is 2.03 bits per heavy atom. The van der Waals surface area contributed by atoms with Gasteiger partial charge in [0.2, 0.25) is 0 Å². The van der Waals surface area contributed by atoms with Crippen molar-refractivity contribution in [2.45, 2.75) is 85.1 Å². The molecule has 0 saturated heterocycles. The SMILES string of the molecule is C=C[C@]1(C)C[C@@H](N(Cc2ccc3c(c2F)B(O)OC3)C(=O)O)[C@]2(C)[C@H](C)CC[C@]3(CCC(=O)[C@H]32)[C@@H](C)[C@@H]1O. The molecule has 8 atom stereocenters. The average molecular weight is 527 g/mol. The maximum atomic E-state index is 15.6. The van der Waals surface area contributed by atoms with Crippen LogP contribution >= 0.6 is 0 Å². The van der Waals surface area contributed by atoms with Crippen molar-refractivity contribution < 1.29 is 33.9 Å². The summed E-state index contributed by atoms with van der Waals surface area (Å²) < 4.78 is 20.8. The van der Waals surface area contributed by atoms with E-state index < -0.39 is 53.3 Å². The number of ketones is 1. The van der Waals surface area contributed by atoms with E-state index in [1.54, 1.807) is 18.2 Å². The fourth-order valence-electron chi connectivity index (χ4n) is 8.75. The normalized spacial score (nSPS) is 40.2. The van der Waals surface area contributed by atoms with Crippen LogP contribution in [0.2, 0.25) is 0 Å². The van der Waals surface area contributed by atoms with E-state index in [1.807, 2.05) is 20.8 Å². The highest BCUT2D eigenvalue weighted by Gasteiger charge is 2.68. The molecule has 0 spiro atoms. The third kappa shape index (κ3) is 3.64. The second-order valence-corrected chi connectivity index (χ2v) is 12.8. The van der Waals surface area contributed by atoms with E-state index in [0.717, 1.165) is 12.8 Å². The first-order valence-corrected chi connectivity index (χ1v) is 13.8. The number of nitrogens with zero attached hydrogens (tertiary/aromatic N) is 1. The second kappa shape index (κ2) is 9.17. The van der Waals surface area contributed by atoms with Gasteiger partial charge in [-0.2, -0.15) is 0 Å². The topological polar surface area (TPSA) is 107 Å². The summed E-state index contributed by atoms with van der Waals surface area (Å²) in [6, 6.07) is 2.54. The Bertz CT molecular complexity index is 1180. The van der Waals surface area contributed by atoms with Gasteiger partial charge < -0.3 is 24.8 Å². The maximum absolute atomic E-state index is 15.6. The Hall–Kier alpha value is -2.23. The molecule has 5 rings (SSSR count). The zero-order chi connectivity index (χ0) is 27.8. The van der Waals surface area contributed by atoms with Gasteiger partial charge in [0.05, 0.1) is 19.3 Å². The second-order valence-electron chi connectivity index (χ2n) is 12.8. The van der Waals surface area contributed by atoms with Gasteiger partial charge in [0.15, 0.2) is 0 Å². The van der Waals surface area contributed by atoms with E-state index >= 15 is 4.39 Å². The Labute approximate surface area is 224 Å². The van der Waals surface area contributed by atoms with Gasteiger partial charge in [-0.05, 0) is 48.5 Å². The van der Waals surface area contributed by atoms with Crippen molar-refractivity contribution in [1.29, 1.82) is 0 Å². The van der Waals surface area contributed by atoms with Gasteiger partial charge >= 0.3 is 13.2 Å². The molecular weight excluding hydrogens is 488 g/mol. The number of Topliss-reactive ketones (excluding diaryl/α,β-unsaturated/α-hetero) is 1. The highest BCUT2D eigenvalue weighted by atomic mass is 19.1. The lowest BCUT2D eigenvalue weighted by atomic mass is 9.43. The van der Waals surface area contributed by atoms with Crippen LogP contribution in [-0.2, 0) is 22.6 Å². The summed E-state index contributed by atoms with van der Waals surface area (Å²) >= 11 is 0. The fraction of sp³-hybridized carbons (Fsp3) is 0.655. The van der Waals surface area contributed by atoms with Crippen LogP contribution in [0.25, 0.3) is 0 Å². The first-order chi connectivity index (χ1) is 17.8. The van der Waals surface area contributed by atoms with Gasteiger partial charge in [-0.1, -0.05) is 45.9 Å². The summed E-state index contributed by atoms with van der Waals surface area (Å²) in [5, 5.41) is 32.5. The molecule has 9 heteroatoms. The predicted octanol–water partition coefficient (Wildman–Crippen LogP) is 3.89. The molecule has 0 radical (unpaired) electrons. The van der Waals surface area contributed by atoms with Crippen LogP contribution in [0, 0.1) is 39.8 Å². The van der Waals surface area contributed by atoms with Crippen LogP contribution in [0.1, 0.15) is 70.9 Å². The molecular formula is C29H39BFNO6. The minimum absolute atomic E-state index is 0.0334. The zero-order valence-electron chi connectivity index (χ0n) is 22.7. The first-order valence-electron chi connectivity index (χ1n) is 13.8. The number of amides is 1. The van der Waals surface area contributed by atoms with Gasteiger partial charge in [0.1, 0.15) is 11.6 Å². The molecule has 1 aromatic rings. The molecule has 1 aromatic carbocycles. The van der Waals surface area contributed by atoms with E-state index in [4.69, 9.17) is 4.65 Å². The van der Waals surface area contributed by atoms with Crippen LogP contribution in [0.5, 0.6) is 0 Å². The Morgan fingerprint density at radius 3 is 2.68 bits per heavy atom. The number of fused-ring (bicyclic) bond motifs is 1. The Kier molecular flexibility index (Phi) is 6.60. The van der Waals surface area contributed by atoms with Crippen LogP contribution in [0.15, 0.2) is 24.8 Å². The molecule has 3 fully saturated rings. The lowest BCUT2D eigenvalue weighted by Gasteiger charge is -2.63. The number of hydrogen-bond acceptors (Lipinski definition) is 5. The van der Waals surface area contributed by atoms with E-state index in [-0.39, 0.29) is 48.2 Å². The Morgan fingerprint density at radius 1 is 1.32 bits per heavy atom. The van der Waals surface area contributed by atoms with E-state index in [2.05, 4.69) is 13.5 Å². The monoisotopic (exact) mass is 527 g/mol. The highest BCUT2D eigenvalue weighted by molar-refractivity contribution is 6.61. The molecule has 3 N–H and O–H groups in total. The number of aliphatic hydroxyl groups excluding tert-OH is 1. The maximum Gasteiger partial charge on any atom is 0.494 e. The summed E-state index contributed by atoms with van der Waals surface area (Å²) in [5.41, 5.74) is -1.24. The van der Waals surface area contributed by atoms with Crippen molar-refractivity contribution in [2.75, 3.05) is 0 Å². The van der Waals surface area contributed by atoms with Gasteiger partial charge in [-0.3, -0.25) is 4.79 Å². The third-order valence-electron chi connectivity index (χ3n) is 11.3. The third-order valence-corrected chi connectivity index (χ3v) is 11.3. The summed E-state index contributed by atoms with van der Waals surface area (Å²) in [6.07, 6.45) is 2.69. The van der Waals surface area contributed by atoms with Crippen molar-refractivity contribution in [1.82, 2.24) is 4.90 Å². The average Bonchev–Trinajstić information content (AvgIpc) is 3.44. The van der Waals surface area contributed by atoms with Gasteiger partial charge in [-0.25, -0.2) is 9.18 Å². The molecule has 1 aliphatic heterocycles. The van der Waals surface area contributed by atoms with Gasteiger partial charge in [0, 0.05) is 40.2 Å². The van der Waals surface area contributed by atoms with Gasteiger partial charge in [0.25, 0.3) is 0 Å². The minimum Gasteiger partial charge on any atom is -0.465 e. The van der Waals surface area contributed by atoms with Crippen LogP contribution < -0.4 is 5.46 Å². The van der Waals surface area contributed by atoms with Crippen molar-refractivity contribution >= 4 is 24.5 Å². The quantitative estimate of drug-likeness (QED) is 0.405. The molecule has 0 unspecified atom stereocenters. The number of hydrogen-bond donors (Lipinski definition) is 3. The number of rotatable bonds is 4. The summed E-state index contributed by atoms with van der Waals surface area (Å²) in [7, 11) is -1.39. The molecule has 3 aliphatic carbocycles. The standard InChI is InChI=1S/C29H39BFNO6/c1-6-27(4)13-21(32(26(35)36)14-18-7-8-19-15-38-30(37)22(19)23(18)31)28(5)16(2)9-11-29(17(3)25(27)34)12-10-20(33)24(28)29/h6-8,16-17,21,24-25,34,37H,1,9-15H2,2-5H3,(H,35,36)/t16-,17+,21-,24+,25+,27-,28+,29+/m1/s1. The number of benzene rings is 1. The summed E-state index contributed by atoms with van der Waals surface area (Å²) in [5.74, 6) is -1.06. The van der Waals surface area contributed by atoms with Crippen molar-refractivity contribution in [3.05, 3.63) is 41.7 Å². The van der Waals surface area contributed by atoms with Crippen LogP contribution in [-0.4, -0.2) is 51.3 Å². The molecule has 3 saturated carbocycles. The highest BCUT2D eigenvalue weighted by Crippen LogP contribution is 2.68. The van der Waals surface area contributed by atoms with Crippen LogP contribution in [0.4, 0.5) is 9.18 Å². The van der Waals surface area contributed by atoms with Gasteiger partial charge in [-0.15, -0.1) is 6.58 Å². The molecule has 1 heterocycles. The molecule has 7 nitrogen and oxygen atoms in total. The number of carbonyl (C=O) groups is 2. The molecule has 0 aromatic heterocycles. The van der Waals surface area contributed by atoms with E-state index in [9.17, 15) is 24.8 Å². The fourth-order valence-corrected chi connectivity index (χ4v) is 8.75. The first kappa shape index (κ1) is 27.3. The zero-order valence-corrected chi connectivity index (χ0v) is 22.7. The lowest BCUT2D eigenvalue weighted by molar-refractivity contribution is -0.178. The number of aliphatic hydroxyl groups is 1. The van der Waals surface area contributed by atoms with Crippen molar-refractivity contribution in [3.8, 4) is 0 Å². The molecule has 38 heavy (non-hydrogen) atoms. The Balaban J connectivity index is 1.67. The molecule has 2 bridgehead atoms. The largest absolute Gasteiger partial charge is 0.494 e. The minimum atomic E-state index is -1.39. The molecule has 206 valence electrons. The lowest BCUT2D eigenvalue weighted by Crippen LogP contribution is -2.66. The van der Waals surface area contributed by atoms with Crippen molar-refractivity contribution in [2.24, 2.45) is 34.0 Å². The number of carbonyl (C=O) groups excluding carboxylic acids is 1. The van der Waals surface area contributed by atoms with Crippen LogP contribution in [0.3, 0.4) is 0 Å². The molecule has 4 aliphatic rings. The van der Waals surface area contributed by atoms with E-state index in [0.29, 0.717) is 18.4 Å². The smallest absolute Gasteiger partial charge is 0.465 e. The summed E-state index contributed by atoms with van der Waals surface area (Å²) in [6.45, 7) is 12.0. The summed E-state index contributed by atoms with van der Waals surface area (Å²) in [4.78, 5) is 27.9. The number of carboxylic acid groups (broad SMARTS) is 1.